The number of amides is 2. The second-order valence-electron chi connectivity index (χ2n) is 9.09. The Balaban J connectivity index is 1.29. The van der Waals surface area contributed by atoms with Gasteiger partial charge in [0, 0.05) is 31.4 Å². The molecule has 3 heterocycles. The largest absolute Gasteiger partial charge is 0.497 e. The van der Waals surface area contributed by atoms with E-state index in [-0.39, 0.29) is 23.9 Å². The summed E-state index contributed by atoms with van der Waals surface area (Å²) >= 11 is 0. The number of aromatic amines is 1. The van der Waals surface area contributed by atoms with Crippen molar-refractivity contribution in [3.63, 3.8) is 0 Å². The van der Waals surface area contributed by atoms with E-state index in [1.165, 1.54) is 12.1 Å². The van der Waals surface area contributed by atoms with Crippen LogP contribution in [0.2, 0.25) is 0 Å². The number of nitrogens with one attached hydrogen (secondary N) is 2. The van der Waals surface area contributed by atoms with Gasteiger partial charge in [0.25, 0.3) is 0 Å². The van der Waals surface area contributed by atoms with Gasteiger partial charge in [-0.1, -0.05) is 12.1 Å². The molecule has 2 atom stereocenters. The van der Waals surface area contributed by atoms with Gasteiger partial charge < -0.3 is 24.8 Å². The van der Waals surface area contributed by atoms with E-state index in [9.17, 15) is 9.18 Å². The fourth-order valence-corrected chi connectivity index (χ4v) is 4.68. The van der Waals surface area contributed by atoms with Crippen molar-refractivity contribution in [3.05, 3.63) is 72.3 Å². The van der Waals surface area contributed by atoms with Crippen LogP contribution in [0.25, 0.3) is 22.3 Å². The van der Waals surface area contributed by atoms with Crippen molar-refractivity contribution in [2.75, 3.05) is 31.6 Å². The maximum atomic E-state index is 13.3. The quantitative estimate of drug-likeness (QED) is 0.423. The van der Waals surface area contributed by atoms with Crippen molar-refractivity contribution in [1.29, 1.82) is 0 Å². The molecular formula is C27H29FN6O2. The molecule has 1 aliphatic rings. The third-order valence-electron chi connectivity index (χ3n) is 6.68. The number of H-pyrrole nitrogens is 1. The molecule has 2 N–H and O–H groups in total. The molecular weight excluding hydrogens is 459 g/mol. The first kappa shape index (κ1) is 23.6. The van der Waals surface area contributed by atoms with E-state index in [0.29, 0.717) is 19.6 Å². The minimum Gasteiger partial charge on any atom is -0.497 e. The van der Waals surface area contributed by atoms with E-state index >= 15 is 0 Å². The SMILES string of the molecule is COc1cccc([C@H](C)NC(=O)N2CCN(c3ncnc4[nH]c(-c5ccc(F)cc5)cc34)C[C@H]2C)c1. The van der Waals surface area contributed by atoms with Crippen LogP contribution in [0, 0.1) is 5.82 Å². The van der Waals surface area contributed by atoms with Crippen LogP contribution in [-0.2, 0) is 0 Å². The number of benzene rings is 2. The van der Waals surface area contributed by atoms with Crippen LogP contribution in [-0.4, -0.2) is 58.7 Å². The molecule has 2 amide bonds. The van der Waals surface area contributed by atoms with Crippen LogP contribution < -0.4 is 15.0 Å². The van der Waals surface area contributed by atoms with Gasteiger partial charge in [0.15, 0.2) is 0 Å². The van der Waals surface area contributed by atoms with Gasteiger partial charge in [-0.15, -0.1) is 0 Å². The molecule has 186 valence electrons. The number of carbonyl (C=O) groups is 1. The summed E-state index contributed by atoms with van der Waals surface area (Å²) in [5, 5.41) is 4.01. The zero-order chi connectivity index (χ0) is 25.2. The van der Waals surface area contributed by atoms with E-state index < -0.39 is 0 Å². The molecule has 8 nitrogen and oxygen atoms in total. The highest BCUT2D eigenvalue weighted by Gasteiger charge is 2.30. The van der Waals surface area contributed by atoms with E-state index in [1.54, 1.807) is 25.6 Å². The van der Waals surface area contributed by atoms with Gasteiger partial charge in [-0.25, -0.2) is 19.2 Å². The number of aromatic nitrogens is 3. The van der Waals surface area contributed by atoms with E-state index in [4.69, 9.17) is 4.74 Å². The number of methoxy groups -OCH3 is 1. The number of hydrogen-bond donors (Lipinski definition) is 2. The average molecular weight is 489 g/mol. The lowest BCUT2D eigenvalue weighted by molar-refractivity contribution is 0.168. The highest BCUT2D eigenvalue weighted by Crippen LogP contribution is 2.30. The first-order valence-electron chi connectivity index (χ1n) is 12.0. The predicted octanol–water partition coefficient (Wildman–Crippen LogP) is 4.75. The van der Waals surface area contributed by atoms with Gasteiger partial charge in [-0.05, 0) is 67.4 Å². The molecule has 0 spiro atoms. The predicted molar refractivity (Wildman–Crippen MR) is 138 cm³/mol. The number of fused-ring (bicyclic) bond motifs is 1. The van der Waals surface area contributed by atoms with E-state index in [0.717, 1.165) is 39.4 Å². The van der Waals surface area contributed by atoms with E-state index in [2.05, 4.69) is 25.2 Å². The smallest absolute Gasteiger partial charge is 0.318 e. The van der Waals surface area contributed by atoms with Crippen molar-refractivity contribution in [2.24, 2.45) is 0 Å². The van der Waals surface area contributed by atoms with Crippen molar-refractivity contribution in [3.8, 4) is 17.0 Å². The maximum Gasteiger partial charge on any atom is 0.318 e. The van der Waals surface area contributed by atoms with Crippen LogP contribution >= 0.6 is 0 Å². The van der Waals surface area contributed by atoms with Gasteiger partial charge in [0.2, 0.25) is 0 Å². The van der Waals surface area contributed by atoms with Crippen LogP contribution in [0.5, 0.6) is 5.75 Å². The molecule has 0 radical (unpaired) electrons. The number of piperazine rings is 1. The first-order valence-corrected chi connectivity index (χ1v) is 12.0. The van der Waals surface area contributed by atoms with Crippen LogP contribution in [0.1, 0.15) is 25.5 Å². The number of ether oxygens (including phenoxy) is 1. The molecule has 1 saturated heterocycles. The molecule has 4 aromatic rings. The molecule has 0 saturated carbocycles. The van der Waals surface area contributed by atoms with Crippen molar-refractivity contribution in [1.82, 2.24) is 25.2 Å². The summed E-state index contributed by atoms with van der Waals surface area (Å²) in [6, 6.07) is 15.8. The number of carbonyl (C=O) groups excluding carboxylic acids is 1. The first-order chi connectivity index (χ1) is 17.4. The molecule has 0 unspecified atom stereocenters. The lowest BCUT2D eigenvalue weighted by Gasteiger charge is -2.40. The highest BCUT2D eigenvalue weighted by molar-refractivity contribution is 5.92. The fourth-order valence-electron chi connectivity index (χ4n) is 4.68. The monoisotopic (exact) mass is 488 g/mol. The van der Waals surface area contributed by atoms with Gasteiger partial charge >= 0.3 is 6.03 Å². The summed E-state index contributed by atoms with van der Waals surface area (Å²) in [6.07, 6.45) is 1.54. The van der Waals surface area contributed by atoms with Crippen molar-refractivity contribution < 1.29 is 13.9 Å². The lowest BCUT2D eigenvalue weighted by Crippen LogP contribution is -2.57. The number of hydrogen-bond acceptors (Lipinski definition) is 5. The molecule has 9 heteroatoms. The fraction of sp³-hybridized carbons (Fsp3) is 0.296. The van der Waals surface area contributed by atoms with Crippen LogP contribution in [0.4, 0.5) is 15.0 Å². The molecule has 1 aliphatic heterocycles. The number of urea groups is 1. The topological polar surface area (TPSA) is 86.4 Å². The Morgan fingerprint density at radius 1 is 1.17 bits per heavy atom. The Hall–Kier alpha value is -4.14. The molecule has 36 heavy (non-hydrogen) atoms. The van der Waals surface area contributed by atoms with Gasteiger partial charge in [0.1, 0.15) is 29.4 Å². The van der Waals surface area contributed by atoms with Gasteiger partial charge in [0.05, 0.1) is 18.5 Å². The van der Waals surface area contributed by atoms with Crippen LogP contribution in [0.15, 0.2) is 60.9 Å². The Bertz CT molecular complexity index is 1370. The molecule has 1 fully saturated rings. The zero-order valence-corrected chi connectivity index (χ0v) is 20.5. The third-order valence-corrected chi connectivity index (χ3v) is 6.68. The third kappa shape index (κ3) is 4.68. The minimum atomic E-state index is -0.274. The Labute approximate surface area is 209 Å². The number of rotatable bonds is 5. The Kier molecular flexibility index (Phi) is 6.45. The number of nitrogens with zero attached hydrogens (tertiary/aromatic N) is 4. The highest BCUT2D eigenvalue weighted by atomic mass is 19.1. The number of anilines is 1. The minimum absolute atomic E-state index is 0.0169. The van der Waals surface area contributed by atoms with Gasteiger partial charge in [-0.3, -0.25) is 0 Å². The molecule has 0 bridgehead atoms. The summed E-state index contributed by atoms with van der Waals surface area (Å²) in [5.41, 5.74) is 3.44. The normalized spacial score (nSPS) is 16.7. The van der Waals surface area contributed by atoms with Crippen LogP contribution in [0.3, 0.4) is 0 Å². The summed E-state index contributed by atoms with van der Waals surface area (Å²) in [7, 11) is 1.63. The summed E-state index contributed by atoms with van der Waals surface area (Å²) < 4.78 is 18.7. The molecule has 5 rings (SSSR count). The van der Waals surface area contributed by atoms with Crippen molar-refractivity contribution in [2.45, 2.75) is 25.9 Å². The zero-order valence-electron chi connectivity index (χ0n) is 20.5. The maximum absolute atomic E-state index is 13.3. The molecule has 0 aliphatic carbocycles. The summed E-state index contributed by atoms with van der Waals surface area (Å²) in [6.45, 7) is 5.87. The Morgan fingerprint density at radius 2 is 1.97 bits per heavy atom. The molecule has 2 aromatic heterocycles. The lowest BCUT2D eigenvalue weighted by atomic mass is 10.1. The summed E-state index contributed by atoms with van der Waals surface area (Å²) in [4.78, 5) is 29.4. The standard InChI is InChI=1S/C27H29FN6O2/c1-17-15-33(11-12-34(17)27(35)31-18(2)20-5-4-6-22(13-20)36-3)26-23-14-24(32-25(23)29-16-30-26)19-7-9-21(28)10-8-19/h4-10,13-14,16-18H,11-12,15H2,1-3H3,(H,31,35)(H,29,30,32)/t17-,18+/m1/s1. The van der Waals surface area contributed by atoms with Crippen molar-refractivity contribution >= 4 is 22.9 Å². The van der Waals surface area contributed by atoms with Gasteiger partial charge in [-0.2, -0.15) is 0 Å². The number of halogens is 1. The second kappa shape index (κ2) is 9.85. The second-order valence-corrected chi connectivity index (χ2v) is 9.09. The Morgan fingerprint density at radius 3 is 2.72 bits per heavy atom. The average Bonchev–Trinajstić information content (AvgIpc) is 3.33. The van der Waals surface area contributed by atoms with E-state index in [1.807, 2.05) is 49.1 Å². The summed E-state index contributed by atoms with van der Waals surface area (Å²) in [5.74, 6) is 1.31. The molecule has 2 aromatic carbocycles.